The van der Waals surface area contributed by atoms with Crippen LogP contribution in [-0.2, 0) is 6.18 Å². The van der Waals surface area contributed by atoms with Gasteiger partial charge in [0.05, 0.1) is 28.7 Å². The lowest BCUT2D eigenvalue weighted by molar-refractivity contribution is -0.140. The minimum Gasteiger partial charge on any atom is -0.380 e. The Labute approximate surface area is 204 Å². The lowest BCUT2D eigenvalue weighted by Crippen LogP contribution is -2.15. The summed E-state index contributed by atoms with van der Waals surface area (Å²) in [6, 6.07) is 14.4. The number of hydrogen-bond donors (Lipinski definition) is 1. The van der Waals surface area contributed by atoms with Gasteiger partial charge in [0.2, 0.25) is 0 Å². The molecule has 8 nitrogen and oxygen atoms in total. The summed E-state index contributed by atoms with van der Waals surface area (Å²) in [5.74, 6) is -0.914. The largest absolute Gasteiger partial charge is 0.435 e. The Morgan fingerprint density at radius 1 is 0.946 bits per heavy atom. The van der Waals surface area contributed by atoms with Crippen LogP contribution >= 0.6 is 0 Å². The number of rotatable bonds is 3. The summed E-state index contributed by atoms with van der Waals surface area (Å²) >= 11 is 0. The first kappa shape index (κ1) is 22.5. The lowest BCUT2D eigenvalue weighted by atomic mass is 10.1. The van der Waals surface area contributed by atoms with Gasteiger partial charge in [-0.1, -0.05) is 11.2 Å². The second kappa shape index (κ2) is 8.01. The third-order valence-electron chi connectivity index (χ3n) is 5.90. The summed E-state index contributed by atoms with van der Waals surface area (Å²) in [7, 11) is 0. The van der Waals surface area contributed by atoms with E-state index >= 15 is 4.39 Å². The highest BCUT2D eigenvalue weighted by atomic mass is 19.4. The highest BCUT2D eigenvalue weighted by molar-refractivity contribution is 5.91. The van der Waals surface area contributed by atoms with Gasteiger partial charge >= 0.3 is 6.18 Å². The van der Waals surface area contributed by atoms with Crippen LogP contribution < -0.4 is 11.3 Å². The monoisotopic (exact) mass is 506 g/mol. The van der Waals surface area contributed by atoms with Crippen LogP contribution in [0.15, 0.2) is 82.4 Å². The zero-order valence-corrected chi connectivity index (χ0v) is 18.6. The molecule has 0 aliphatic rings. The number of halogens is 4. The van der Waals surface area contributed by atoms with Crippen molar-refractivity contribution in [3.63, 3.8) is 0 Å². The van der Waals surface area contributed by atoms with Crippen molar-refractivity contribution in [1.82, 2.24) is 24.5 Å². The van der Waals surface area contributed by atoms with Gasteiger partial charge in [0, 0.05) is 23.2 Å². The first-order valence-electron chi connectivity index (χ1n) is 10.8. The number of nitrogens with two attached hydrogens (primary N) is 1. The number of aromatic nitrogens is 5. The topological polar surface area (TPSA) is 105 Å². The lowest BCUT2D eigenvalue weighted by Gasteiger charge is -2.09. The Balaban J connectivity index is 1.54. The Kier molecular flexibility index (Phi) is 4.87. The van der Waals surface area contributed by atoms with Crippen molar-refractivity contribution in [1.29, 1.82) is 0 Å². The number of pyridine rings is 2. The van der Waals surface area contributed by atoms with E-state index in [4.69, 9.17) is 10.3 Å². The second-order valence-electron chi connectivity index (χ2n) is 8.14. The summed E-state index contributed by atoms with van der Waals surface area (Å²) < 4.78 is 64.7. The molecule has 6 aromatic rings. The fraction of sp³-hybridized carbons (Fsp3) is 0.0400. The van der Waals surface area contributed by atoms with Crippen LogP contribution in [0.5, 0.6) is 0 Å². The first-order valence-corrected chi connectivity index (χ1v) is 10.8. The minimum atomic E-state index is -4.83. The van der Waals surface area contributed by atoms with Crippen molar-refractivity contribution in [2.75, 3.05) is 5.73 Å². The van der Waals surface area contributed by atoms with Gasteiger partial charge in [-0.05, 0) is 48.5 Å². The minimum absolute atomic E-state index is 0.0346. The van der Waals surface area contributed by atoms with Crippen molar-refractivity contribution in [3.05, 3.63) is 94.9 Å². The van der Waals surface area contributed by atoms with Crippen LogP contribution in [0.1, 0.15) is 5.69 Å². The van der Waals surface area contributed by atoms with E-state index in [0.29, 0.717) is 16.7 Å². The summed E-state index contributed by atoms with van der Waals surface area (Å²) in [4.78, 5) is 16.3. The fourth-order valence-electron chi connectivity index (χ4n) is 4.17. The molecule has 184 valence electrons. The van der Waals surface area contributed by atoms with E-state index in [9.17, 15) is 18.0 Å². The maximum Gasteiger partial charge on any atom is 0.435 e. The van der Waals surface area contributed by atoms with Crippen molar-refractivity contribution in [2.45, 2.75) is 6.18 Å². The molecular weight excluding hydrogens is 492 g/mol. The molecule has 0 saturated carbocycles. The van der Waals surface area contributed by atoms with Crippen molar-refractivity contribution in [3.8, 4) is 22.6 Å². The van der Waals surface area contributed by atoms with Crippen LogP contribution in [0, 0.1) is 5.82 Å². The Bertz CT molecular complexity index is 1870. The normalized spacial score (nSPS) is 12.0. The molecule has 0 amide bonds. The third kappa shape index (κ3) is 3.61. The van der Waals surface area contributed by atoms with Crippen LogP contribution in [0.25, 0.3) is 44.5 Å². The van der Waals surface area contributed by atoms with Gasteiger partial charge in [0.1, 0.15) is 5.52 Å². The van der Waals surface area contributed by atoms with Gasteiger partial charge in [-0.25, -0.2) is 9.07 Å². The van der Waals surface area contributed by atoms with E-state index in [2.05, 4.69) is 15.2 Å². The molecule has 0 unspecified atom stereocenters. The maximum atomic E-state index is 15.9. The van der Waals surface area contributed by atoms with Crippen molar-refractivity contribution in [2.24, 2.45) is 0 Å². The molecule has 6 rings (SSSR count). The van der Waals surface area contributed by atoms with Gasteiger partial charge in [-0.3, -0.25) is 14.3 Å². The standard InChI is InChI=1S/C25H14F4N6O2/c26-21-15(18-8-4-14(12-31-18)34-10-2-1-3-20(34)36)6-7-16-22(21)35(32-23(16)25(27,28)29)13-5-9-19-17(11-13)24(30)33-37-19/h1-12H,(H2,30,33). The van der Waals surface area contributed by atoms with Crippen LogP contribution in [0.2, 0.25) is 0 Å². The molecule has 2 aromatic carbocycles. The molecule has 0 aliphatic heterocycles. The number of nitrogens with zero attached hydrogens (tertiary/aromatic N) is 5. The number of fused-ring (bicyclic) bond motifs is 2. The van der Waals surface area contributed by atoms with Crippen molar-refractivity contribution >= 4 is 27.7 Å². The number of alkyl halides is 3. The predicted molar refractivity (Wildman–Crippen MR) is 127 cm³/mol. The van der Waals surface area contributed by atoms with E-state index < -0.39 is 23.1 Å². The van der Waals surface area contributed by atoms with Crippen LogP contribution in [0.3, 0.4) is 0 Å². The van der Waals surface area contributed by atoms with E-state index in [1.54, 1.807) is 24.4 Å². The summed E-state index contributed by atoms with van der Waals surface area (Å²) in [6.07, 6.45) is -1.90. The maximum absolute atomic E-state index is 15.9. The Morgan fingerprint density at radius 2 is 1.76 bits per heavy atom. The van der Waals surface area contributed by atoms with Gasteiger partial charge in [-0.2, -0.15) is 18.3 Å². The van der Waals surface area contributed by atoms with Gasteiger partial charge < -0.3 is 10.3 Å². The average Bonchev–Trinajstić information content (AvgIpc) is 3.46. The Morgan fingerprint density at radius 3 is 2.49 bits per heavy atom. The average molecular weight is 506 g/mol. The SMILES string of the molecule is Nc1noc2ccc(-n3nc(C(F)(F)F)c4ccc(-c5ccc(-n6ccccc6=O)cn5)c(F)c43)cc12. The predicted octanol–water partition coefficient (Wildman–Crippen LogP) is 5.12. The quantitative estimate of drug-likeness (QED) is 0.334. The summed E-state index contributed by atoms with van der Waals surface area (Å²) in [5, 5.41) is 7.27. The van der Waals surface area contributed by atoms with Crippen molar-refractivity contribution < 1.29 is 22.1 Å². The second-order valence-corrected chi connectivity index (χ2v) is 8.14. The molecule has 12 heteroatoms. The highest BCUT2D eigenvalue weighted by Gasteiger charge is 2.38. The number of anilines is 1. The molecular formula is C25H14F4N6O2. The third-order valence-corrected chi connectivity index (χ3v) is 5.90. The summed E-state index contributed by atoms with van der Waals surface area (Å²) in [6.45, 7) is 0. The van der Waals surface area contributed by atoms with Crippen LogP contribution in [0.4, 0.5) is 23.4 Å². The van der Waals surface area contributed by atoms with E-state index in [1.807, 2.05) is 0 Å². The number of nitrogen functional groups attached to an aromatic ring is 1. The summed E-state index contributed by atoms with van der Waals surface area (Å²) in [5.41, 5.74) is 4.89. The van der Waals surface area contributed by atoms with Gasteiger partial charge in [-0.15, -0.1) is 0 Å². The van der Waals surface area contributed by atoms with E-state index in [1.165, 1.54) is 47.2 Å². The zero-order chi connectivity index (χ0) is 25.9. The highest BCUT2D eigenvalue weighted by Crippen LogP contribution is 2.38. The van der Waals surface area contributed by atoms with E-state index in [0.717, 1.165) is 10.7 Å². The molecule has 2 N–H and O–H groups in total. The zero-order valence-electron chi connectivity index (χ0n) is 18.6. The fourth-order valence-corrected chi connectivity index (χ4v) is 4.17. The molecule has 0 atom stereocenters. The molecule has 4 heterocycles. The van der Waals surface area contributed by atoms with E-state index in [-0.39, 0.29) is 33.8 Å². The Hall–Kier alpha value is -5.00. The number of hydrogen-bond acceptors (Lipinski definition) is 6. The molecule has 0 bridgehead atoms. The first-order chi connectivity index (χ1) is 17.7. The molecule has 37 heavy (non-hydrogen) atoms. The molecule has 4 aromatic heterocycles. The molecule has 0 aliphatic carbocycles. The molecule has 0 fully saturated rings. The molecule has 0 spiro atoms. The van der Waals surface area contributed by atoms with Gasteiger partial charge in [0.15, 0.2) is 22.9 Å². The molecule has 0 saturated heterocycles. The smallest absolute Gasteiger partial charge is 0.380 e. The molecule has 0 radical (unpaired) electrons. The number of benzene rings is 2. The van der Waals surface area contributed by atoms with Crippen LogP contribution in [-0.4, -0.2) is 24.5 Å². The van der Waals surface area contributed by atoms with Gasteiger partial charge in [0.25, 0.3) is 5.56 Å².